The van der Waals surface area contributed by atoms with Gasteiger partial charge in [0.1, 0.15) is 5.82 Å². The molecule has 25 heavy (non-hydrogen) atoms. The number of ether oxygens (including phenoxy) is 1. The van der Waals surface area contributed by atoms with Gasteiger partial charge in [-0.1, -0.05) is 6.07 Å². The predicted octanol–water partition coefficient (Wildman–Crippen LogP) is 2.32. The van der Waals surface area contributed by atoms with Crippen LogP contribution in [0.5, 0.6) is 0 Å². The Bertz CT molecular complexity index is 648. The van der Waals surface area contributed by atoms with Crippen LogP contribution in [0.25, 0.3) is 0 Å². The minimum atomic E-state index is -0.550. The van der Waals surface area contributed by atoms with Gasteiger partial charge in [-0.25, -0.2) is 4.39 Å². The normalized spacial score (nSPS) is 21.5. The van der Waals surface area contributed by atoms with E-state index in [1.807, 2.05) is 18.7 Å². The van der Waals surface area contributed by atoms with Gasteiger partial charge in [-0.05, 0) is 44.9 Å². The van der Waals surface area contributed by atoms with Crippen LogP contribution in [0.2, 0.25) is 0 Å². The summed E-state index contributed by atoms with van der Waals surface area (Å²) >= 11 is 0. The third-order valence-electron chi connectivity index (χ3n) is 5.21. The molecule has 1 atom stereocenters. The van der Waals surface area contributed by atoms with Gasteiger partial charge in [0.25, 0.3) is 5.91 Å². The highest BCUT2D eigenvalue weighted by Crippen LogP contribution is 2.33. The summed E-state index contributed by atoms with van der Waals surface area (Å²) in [6, 6.07) is 5.72. The summed E-state index contributed by atoms with van der Waals surface area (Å²) in [6.07, 6.45) is 1.88. The van der Waals surface area contributed by atoms with Gasteiger partial charge in [0.15, 0.2) is 0 Å². The number of nitrogens with zero attached hydrogens (tertiary/aromatic N) is 2. The number of rotatable bonds is 3. The number of hydrogen-bond donors (Lipinski definition) is 0. The second-order valence-corrected chi connectivity index (χ2v) is 7.32. The molecule has 1 aromatic rings. The third kappa shape index (κ3) is 3.68. The Kier molecular flexibility index (Phi) is 5.08. The quantitative estimate of drug-likeness (QED) is 0.842. The maximum Gasteiger partial charge on any atom is 0.254 e. The molecule has 2 aliphatic rings. The molecule has 6 heteroatoms. The van der Waals surface area contributed by atoms with E-state index in [0.717, 1.165) is 19.4 Å². The van der Waals surface area contributed by atoms with Crippen LogP contribution in [0.3, 0.4) is 0 Å². The molecule has 2 aliphatic heterocycles. The van der Waals surface area contributed by atoms with E-state index in [1.165, 1.54) is 18.2 Å². The summed E-state index contributed by atoms with van der Waals surface area (Å²) in [5.74, 6) is -0.528. The van der Waals surface area contributed by atoms with Gasteiger partial charge in [-0.15, -0.1) is 0 Å². The summed E-state index contributed by atoms with van der Waals surface area (Å²) in [7, 11) is 0. The van der Waals surface area contributed by atoms with E-state index in [0.29, 0.717) is 31.7 Å². The van der Waals surface area contributed by atoms with Crippen molar-refractivity contribution in [1.82, 2.24) is 9.80 Å². The van der Waals surface area contributed by atoms with Crippen molar-refractivity contribution in [3.8, 4) is 0 Å². The van der Waals surface area contributed by atoms with Crippen LogP contribution in [-0.2, 0) is 9.53 Å². The third-order valence-corrected chi connectivity index (χ3v) is 5.21. The maximum atomic E-state index is 13.3. The van der Waals surface area contributed by atoms with Crippen LogP contribution in [0.15, 0.2) is 24.3 Å². The van der Waals surface area contributed by atoms with Gasteiger partial charge in [0, 0.05) is 38.3 Å². The van der Waals surface area contributed by atoms with E-state index in [2.05, 4.69) is 0 Å². The first-order valence-corrected chi connectivity index (χ1v) is 8.85. The van der Waals surface area contributed by atoms with E-state index >= 15 is 0 Å². The van der Waals surface area contributed by atoms with Crippen molar-refractivity contribution < 1.29 is 18.7 Å². The summed E-state index contributed by atoms with van der Waals surface area (Å²) in [5, 5.41) is 0. The smallest absolute Gasteiger partial charge is 0.254 e. The fourth-order valence-corrected chi connectivity index (χ4v) is 3.61. The largest absolute Gasteiger partial charge is 0.377 e. The molecule has 0 N–H and O–H groups in total. The van der Waals surface area contributed by atoms with E-state index in [-0.39, 0.29) is 17.9 Å². The summed E-state index contributed by atoms with van der Waals surface area (Å²) in [4.78, 5) is 28.9. The van der Waals surface area contributed by atoms with E-state index < -0.39 is 11.2 Å². The number of benzene rings is 1. The zero-order chi connectivity index (χ0) is 18.0. The Morgan fingerprint density at radius 1 is 1.16 bits per heavy atom. The summed E-state index contributed by atoms with van der Waals surface area (Å²) in [6.45, 7) is 6.51. The summed E-state index contributed by atoms with van der Waals surface area (Å²) < 4.78 is 19.0. The lowest BCUT2D eigenvalue weighted by atomic mass is 9.83. The van der Waals surface area contributed by atoms with Crippen LogP contribution in [0.4, 0.5) is 4.39 Å². The Balaban J connectivity index is 1.59. The molecule has 2 saturated heterocycles. The predicted molar refractivity (Wildman–Crippen MR) is 91.6 cm³/mol. The number of amides is 2. The van der Waals surface area contributed by atoms with Crippen molar-refractivity contribution in [2.75, 3.05) is 32.8 Å². The maximum absolute atomic E-state index is 13.3. The second kappa shape index (κ2) is 7.12. The monoisotopic (exact) mass is 348 g/mol. The first kappa shape index (κ1) is 17.9. The molecule has 0 bridgehead atoms. The highest BCUT2D eigenvalue weighted by Gasteiger charge is 2.42. The lowest BCUT2D eigenvalue weighted by Gasteiger charge is -2.40. The first-order chi connectivity index (χ1) is 11.9. The molecule has 1 unspecified atom stereocenters. The van der Waals surface area contributed by atoms with Crippen LogP contribution < -0.4 is 0 Å². The Hall–Kier alpha value is -1.95. The zero-order valence-corrected chi connectivity index (χ0v) is 14.8. The molecule has 2 fully saturated rings. The van der Waals surface area contributed by atoms with Gasteiger partial charge in [0.2, 0.25) is 5.91 Å². The minimum Gasteiger partial charge on any atom is -0.377 e. The molecule has 2 amide bonds. The summed E-state index contributed by atoms with van der Waals surface area (Å²) in [5.41, 5.74) is -0.204. The van der Waals surface area contributed by atoms with Gasteiger partial charge in [-0.3, -0.25) is 9.59 Å². The lowest BCUT2D eigenvalue weighted by molar-refractivity contribution is -0.148. The first-order valence-electron chi connectivity index (χ1n) is 8.85. The number of halogens is 1. The van der Waals surface area contributed by atoms with E-state index in [9.17, 15) is 14.0 Å². The lowest BCUT2D eigenvalue weighted by Crippen LogP contribution is -2.55. The number of hydrogen-bond acceptors (Lipinski definition) is 3. The van der Waals surface area contributed by atoms with Gasteiger partial charge >= 0.3 is 0 Å². The number of carbonyl (C=O) groups is 2. The fourth-order valence-electron chi connectivity index (χ4n) is 3.61. The van der Waals surface area contributed by atoms with Crippen LogP contribution >= 0.6 is 0 Å². The Labute approximate surface area is 147 Å². The highest BCUT2D eigenvalue weighted by atomic mass is 19.1. The van der Waals surface area contributed by atoms with Crippen molar-refractivity contribution in [3.63, 3.8) is 0 Å². The molecule has 136 valence electrons. The molecule has 3 rings (SSSR count). The van der Waals surface area contributed by atoms with Gasteiger partial charge in [-0.2, -0.15) is 0 Å². The van der Waals surface area contributed by atoms with Crippen molar-refractivity contribution in [1.29, 1.82) is 0 Å². The van der Waals surface area contributed by atoms with Gasteiger partial charge in [0.05, 0.1) is 11.5 Å². The van der Waals surface area contributed by atoms with Crippen molar-refractivity contribution in [2.24, 2.45) is 5.41 Å². The molecule has 0 aliphatic carbocycles. The Morgan fingerprint density at radius 3 is 2.44 bits per heavy atom. The molecular weight excluding hydrogens is 323 g/mol. The molecule has 0 radical (unpaired) electrons. The van der Waals surface area contributed by atoms with Crippen LogP contribution in [0.1, 0.15) is 37.0 Å². The number of carbonyl (C=O) groups excluding carboxylic acids is 2. The van der Waals surface area contributed by atoms with Gasteiger partial charge < -0.3 is 14.5 Å². The van der Waals surface area contributed by atoms with E-state index in [4.69, 9.17) is 4.74 Å². The number of piperazine rings is 1. The molecule has 2 heterocycles. The topological polar surface area (TPSA) is 49.9 Å². The highest BCUT2D eigenvalue weighted by molar-refractivity contribution is 5.94. The molecular formula is C19H25FN2O3. The fraction of sp³-hybridized carbons (Fsp3) is 0.579. The van der Waals surface area contributed by atoms with Crippen molar-refractivity contribution in [3.05, 3.63) is 35.6 Å². The molecule has 0 saturated carbocycles. The van der Waals surface area contributed by atoms with Crippen molar-refractivity contribution in [2.45, 2.75) is 32.8 Å². The average molecular weight is 348 g/mol. The van der Waals surface area contributed by atoms with Crippen LogP contribution in [0, 0.1) is 11.2 Å². The second-order valence-electron chi connectivity index (χ2n) is 7.32. The standard InChI is InChI=1S/C19H25FN2O3/c1-19(2,16-7-4-12-25-16)18(24)22-10-8-21(9-11-22)17(23)14-5-3-6-15(20)13-14/h3,5-6,13,16H,4,7-12H2,1-2H3. The average Bonchev–Trinajstić information content (AvgIpc) is 3.16. The molecule has 0 aromatic heterocycles. The minimum absolute atomic E-state index is 0.0352. The van der Waals surface area contributed by atoms with Crippen molar-refractivity contribution >= 4 is 11.8 Å². The molecule has 0 spiro atoms. The van der Waals surface area contributed by atoms with Crippen LogP contribution in [-0.4, -0.2) is 60.5 Å². The molecule has 1 aromatic carbocycles. The Morgan fingerprint density at radius 2 is 1.84 bits per heavy atom. The molecule has 5 nitrogen and oxygen atoms in total. The SMILES string of the molecule is CC(C)(C(=O)N1CCN(C(=O)c2cccc(F)c2)CC1)C1CCCO1. The van der Waals surface area contributed by atoms with E-state index in [1.54, 1.807) is 11.0 Å². The zero-order valence-electron chi connectivity index (χ0n) is 14.8.